The molecule has 0 aliphatic heterocycles. The van der Waals surface area contributed by atoms with Crippen LogP contribution in [0, 0.1) is 0 Å². The second-order valence-corrected chi connectivity index (χ2v) is 13.9. The summed E-state index contributed by atoms with van der Waals surface area (Å²) in [6, 6.07) is 74.9. The molecule has 0 unspecified atom stereocenters. The number of rotatable bonds is 9. The van der Waals surface area contributed by atoms with Crippen LogP contribution in [0.1, 0.15) is 5.56 Å². The Labute approximate surface area is 328 Å². The van der Waals surface area contributed by atoms with E-state index in [2.05, 4.69) is 207 Å². The van der Waals surface area contributed by atoms with E-state index in [1.165, 1.54) is 33.4 Å². The Kier molecular flexibility index (Phi) is 9.52. The van der Waals surface area contributed by atoms with Gasteiger partial charge in [0.05, 0.1) is 11.4 Å². The Hall–Kier alpha value is -7.42. The van der Waals surface area contributed by atoms with Gasteiger partial charge in [-0.3, -0.25) is 0 Å². The summed E-state index contributed by atoms with van der Waals surface area (Å²) < 4.78 is 0. The topological polar surface area (TPSA) is 25.8 Å². The molecular formula is C54H38N2. The van der Waals surface area contributed by atoms with Crippen molar-refractivity contribution in [3.05, 3.63) is 224 Å². The molecular weight excluding hydrogens is 677 g/mol. The summed E-state index contributed by atoms with van der Waals surface area (Å²) in [5, 5.41) is 0. The van der Waals surface area contributed by atoms with Crippen LogP contribution < -0.4 is 0 Å². The largest absolute Gasteiger partial charge is 0.228 e. The molecule has 0 atom stereocenters. The Bertz CT molecular complexity index is 2570. The van der Waals surface area contributed by atoms with Crippen LogP contribution in [0.3, 0.4) is 0 Å². The second-order valence-electron chi connectivity index (χ2n) is 13.9. The standard InChI is InChI=1S/C54H38N2/c1-2-38-13-15-41(16-14-38)46-25-31-49(32-26-46)52-37-53(50-33-27-47(28-34-50)44-21-17-42(18-22-44)39-9-5-3-6-10-39)56-54(55-52)51-35-29-48(30-36-51)45-23-19-43(20-24-45)40-11-7-4-8-12-40/h2-37H,1H2. The molecule has 2 nitrogen and oxygen atoms in total. The van der Waals surface area contributed by atoms with Gasteiger partial charge in [0.25, 0.3) is 0 Å². The van der Waals surface area contributed by atoms with Crippen molar-refractivity contribution in [1.29, 1.82) is 0 Å². The molecule has 9 aromatic rings. The van der Waals surface area contributed by atoms with Crippen molar-refractivity contribution < 1.29 is 0 Å². The van der Waals surface area contributed by atoms with Crippen LogP contribution in [0.5, 0.6) is 0 Å². The van der Waals surface area contributed by atoms with E-state index in [0.717, 1.165) is 55.9 Å². The van der Waals surface area contributed by atoms with Crippen LogP contribution in [0.4, 0.5) is 0 Å². The van der Waals surface area contributed by atoms with Crippen molar-refractivity contribution >= 4 is 6.08 Å². The molecule has 0 spiro atoms. The zero-order chi connectivity index (χ0) is 37.7. The molecule has 8 aromatic carbocycles. The molecule has 0 saturated carbocycles. The van der Waals surface area contributed by atoms with Crippen LogP contribution in [0.2, 0.25) is 0 Å². The van der Waals surface area contributed by atoms with Crippen LogP contribution >= 0.6 is 0 Å². The van der Waals surface area contributed by atoms with Crippen molar-refractivity contribution in [1.82, 2.24) is 9.97 Å². The van der Waals surface area contributed by atoms with E-state index in [1.807, 2.05) is 18.2 Å². The van der Waals surface area contributed by atoms with Crippen molar-refractivity contribution in [2.45, 2.75) is 0 Å². The summed E-state index contributed by atoms with van der Waals surface area (Å²) in [7, 11) is 0. The van der Waals surface area contributed by atoms with Gasteiger partial charge in [0.15, 0.2) is 5.82 Å². The molecule has 0 bridgehead atoms. The van der Waals surface area contributed by atoms with Crippen LogP contribution in [0.15, 0.2) is 219 Å². The highest BCUT2D eigenvalue weighted by molar-refractivity contribution is 5.78. The fraction of sp³-hybridized carbons (Fsp3) is 0. The lowest BCUT2D eigenvalue weighted by molar-refractivity contribution is 1.18. The second kappa shape index (κ2) is 15.5. The smallest absolute Gasteiger partial charge is 0.160 e. The van der Waals surface area contributed by atoms with Gasteiger partial charge in [0.2, 0.25) is 0 Å². The average molecular weight is 715 g/mol. The molecule has 9 rings (SSSR count). The van der Waals surface area contributed by atoms with Crippen molar-refractivity contribution in [3.8, 4) is 89.5 Å². The number of hydrogen-bond donors (Lipinski definition) is 0. The van der Waals surface area contributed by atoms with Crippen molar-refractivity contribution in [2.24, 2.45) is 0 Å². The van der Waals surface area contributed by atoms with Crippen molar-refractivity contribution in [3.63, 3.8) is 0 Å². The Balaban J connectivity index is 1.04. The van der Waals surface area contributed by atoms with E-state index in [9.17, 15) is 0 Å². The zero-order valence-electron chi connectivity index (χ0n) is 30.9. The normalized spacial score (nSPS) is 10.9. The zero-order valence-corrected chi connectivity index (χ0v) is 30.9. The summed E-state index contributed by atoms with van der Waals surface area (Å²) in [5.41, 5.74) is 17.7. The summed E-state index contributed by atoms with van der Waals surface area (Å²) in [6.45, 7) is 3.89. The predicted molar refractivity (Wildman–Crippen MR) is 236 cm³/mol. The molecule has 264 valence electrons. The minimum atomic E-state index is 0.688. The van der Waals surface area contributed by atoms with E-state index in [-0.39, 0.29) is 0 Å². The lowest BCUT2D eigenvalue weighted by Crippen LogP contribution is -1.96. The van der Waals surface area contributed by atoms with Gasteiger partial charge in [-0.25, -0.2) is 9.97 Å². The van der Waals surface area contributed by atoms with Gasteiger partial charge in [0.1, 0.15) is 0 Å². The van der Waals surface area contributed by atoms with Crippen LogP contribution in [-0.4, -0.2) is 9.97 Å². The lowest BCUT2D eigenvalue weighted by Gasteiger charge is -2.12. The van der Waals surface area contributed by atoms with E-state index < -0.39 is 0 Å². The van der Waals surface area contributed by atoms with E-state index in [0.29, 0.717) is 5.82 Å². The SMILES string of the molecule is C=Cc1ccc(-c2ccc(-c3cc(-c4ccc(-c5ccc(-c6ccccc6)cc5)cc4)nc(-c4ccc(-c5ccc(-c6ccccc6)cc5)cc4)n3)cc2)cc1. The van der Waals surface area contributed by atoms with E-state index >= 15 is 0 Å². The number of aromatic nitrogens is 2. The predicted octanol–water partition coefficient (Wildman–Crippen LogP) is 14.5. The fourth-order valence-electron chi connectivity index (χ4n) is 7.13. The van der Waals surface area contributed by atoms with Crippen molar-refractivity contribution in [2.75, 3.05) is 0 Å². The molecule has 0 N–H and O–H groups in total. The summed E-state index contributed by atoms with van der Waals surface area (Å²) in [6.07, 6.45) is 1.87. The number of hydrogen-bond acceptors (Lipinski definition) is 2. The van der Waals surface area contributed by atoms with Crippen LogP contribution in [0.25, 0.3) is 95.6 Å². The van der Waals surface area contributed by atoms with Gasteiger partial charge >= 0.3 is 0 Å². The molecule has 0 aliphatic rings. The van der Waals surface area contributed by atoms with Gasteiger partial charge < -0.3 is 0 Å². The number of nitrogens with zero attached hydrogens (tertiary/aromatic N) is 2. The maximum absolute atomic E-state index is 5.16. The maximum Gasteiger partial charge on any atom is 0.160 e. The highest BCUT2D eigenvalue weighted by atomic mass is 14.9. The molecule has 56 heavy (non-hydrogen) atoms. The minimum Gasteiger partial charge on any atom is -0.228 e. The summed E-state index contributed by atoms with van der Waals surface area (Å²) in [5.74, 6) is 0.688. The van der Waals surface area contributed by atoms with Gasteiger partial charge in [-0.15, -0.1) is 0 Å². The van der Waals surface area contributed by atoms with E-state index in [4.69, 9.17) is 9.97 Å². The monoisotopic (exact) mass is 714 g/mol. The Morgan fingerprint density at radius 3 is 0.821 bits per heavy atom. The third-order valence-electron chi connectivity index (χ3n) is 10.4. The Morgan fingerprint density at radius 1 is 0.268 bits per heavy atom. The highest BCUT2D eigenvalue weighted by Crippen LogP contribution is 2.33. The molecule has 0 fully saturated rings. The first kappa shape index (κ1) is 34.4. The molecule has 2 heteroatoms. The Morgan fingerprint density at radius 2 is 0.518 bits per heavy atom. The molecule has 0 aliphatic carbocycles. The third kappa shape index (κ3) is 7.37. The van der Waals surface area contributed by atoms with Gasteiger partial charge in [-0.05, 0) is 67.3 Å². The minimum absolute atomic E-state index is 0.688. The maximum atomic E-state index is 5.16. The summed E-state index contributed by atoms with van der Waals surface area (Å²) >= 11 is 0. The average Bonchev–Trinajstić information content (AvgIpc) is 3.30. The first-order valence-corrected chi connectivity index (χ1v) is 18.9. The number of benzene rings is 8. The molecule has 1 aromatic heterocycles. The lowest BCUT2D eigenvalue weighted by atomic mass is 9.98. The molecule has 0 radical (unpaired) electrons. The molecule has 0 saturated heterocycles. The third-order valence-corrected chi connectivity index (χ3v) is 10.4. The van der Waals surface area contributed by atoms with Gasteiger partial charge in [0, 0.05) is 16.7 Å². The quantitative estimate of drug-likeness (QED) is 0.149. The van der Waals surface area contributed by atoms with Gasteiger partial charge in [-0.2, -0.15) is 0 Å². The molecule has 0 amide bonds. The van der Waals surface area contributed by atoms with E-state index in [1.54, 1.807) is 0 Å². The van der Waals surface area contributed by atoms with Crippen LogP contribution in [-0.2, 0) is 0 Å². The molecule has 1 heterocycles. The van der Waals surface area contributed by atoms with Gasteiger partial charge in [-0.1, -0.05) is 219 Å². The first-order valence-electron chi connectivity index (χ1n) is 18.9. The summed E-state index contributed by atoms with van der Waals surface area (Å²) in [4.78, 5) is 10.3. The fourth-order valence-corrected chi connectivity index (χ4v) is 7.13. The first-order chi connectivity index (χ1) is 27.7. The highest BCUT2D eigenvalue weighted by Gasteiger charge is 2.13.